The number of carbonyl (C=O) groups excluding carboxylic acids is 2. The van der Waals surface area contributed by atoms with Crippen LogP contribution in [0.2, 0.25) is 0 Å². The van der Waals surface area contributed by atoms with Crippen LogP contribution in [0.3, 0.4) is 0 Å². The van der Waals surface area contributed by atoms with Gasteiger partial charge in [-0.25, -0.2) is 4.79 Å². The number of hydrogen-bond acceptors (Lipinski definition) is 5. The van der Waals surface area contributed by atoms with Crippen molar-refractivity contribution in [2.45, 2.75) is 19.8 Å². The number of rotatable bonds is 9. The Labute approximate surface area is 165 Å². The third-order valence-corrected chi connectivity index (χ3v) is 3.96. The van der Waals surface area contributed by atoms with Crippen LogP contribution in [-0.2, 0) is 9.53 Å². The fourth-order valence-corrected chi connectivity index (χ4v) is 2.35. The molecule has 6 nitrogen and oxygen atoms in total. The number of benzene rings is 2. The number of methoxy groups -OCH3 is 2. The second-order valence-electron chi connectivity index (χ2n) is 6.00. The summed E-state index contributed by atoms with van der Waals surface area (Å²) in [6.45, 7) is 2.73. The fraction of sp³-hybridized carbons (Fsp3) is 0.273. The molecule has 2 aromatic carbocycles. The van der Waals surface area contributed by atoms with Crippen molar-refractivity contribution in [2.24, 2.45) is 0 Å². The lowest BCUT2D eigenvalue weighted by molar-refractivity contribution is -0.136. The largest absolute Gasteiger partial charge is 0.497 e. The van der Waals surface area contributed by atoms with Crippen molar-refractivity contribution in [1.82, 2.24) is 5.32 Å². The van der Waals surface area contributed by atoms with Crippen molar-refractivity contribution in [3.8, 4) is 11.5 Å². The van der Waals surface area contributed by atoms with E-state index < -0.39 is 11.9 Å². The lowest BCUT2D eigenvalue weighted by atomic mass is 10.1. The Hall–Kier alpha value is -3.28. The molecule has 0 unspecified atom stereocenters. The molecular formula is C22H25NO5. The minimum Gasteiger partial charge on any atom is -0.497 e. The fourth-order valence-electron chi connectivity index (χ4n) is 2.35. The summed E-state index contributed by atoms with van der Waals surface area (Å²) in [5, 5.41) is 2.61. The first kappa shape index (κ1) is 21.0. The first-order valence-electron chi connectivity index (χ1n) is 9.05. The Balaban J connectivity index is 2.11. The van der Waals surface area contributed by atoms with Crippen LogP contribution in [0.4, 0.5) is 0 Å². The van der Waals surface area contributed by atoms with Gasteiger partial charge in [-0.15, -0.1) is 0 Å². The molecule has 0 saturated heterocycles. The van der Waals surface area contributed by atoms with Crippen molar-refractivity contribution in [3.63, 3.8) is 0 Å². The van der Waals surface area contributed by atoms with E-state index >= 15 is 0 Å². The zero-order chi connectivity index (χ0) is 20.4. The average Bonchev–Trinajstić information content (AvgIpc) is 2.73. The molecule has 0 aromatic heterocycles. The molecule has 0 aliphatic rings. The van der Waals surface area contributed by atoms with Crippen molar-refractivity contribution < 1.29 is 23.8 Å². The molecule has 0 aliphatic carbocycles. The summed E-state index contributed by atoms with van der Waals surface area (Å²) in [4.78, 5) is 24.6. The highest BCUT2D eigenvalue weighted by Gasteiger charge is 2.15. The zero-order valence-electron chi connectivity index (χ0n) is 16.4. The van der Waals surface area contributed by atoms with Gasteiger partial charge in [0.1, 0.15) is 17.2 Å². The van der Waals surface area contributed by atoms with Gasteiger partial charge in [-0.2, -0.15) is 0 Å². The summed E-state index contributed by atoms with van der Waals surface area (Å²) in [5.41, 5.74) is 1.18. The minimum atomic E-state index is -0.635. The van der Waals surface area contributed by atoms with Gasteiger partial charge in [0, 0.05) is 5.56 Å². The monoisotopic (exact) mass is 383 g/mol. The van der Waals surface area contributed by atoms with Gasteiger partial charge in [0.05, 0.1) is 20.8 Å². The predicted octanol–water partition coefficient (Wildman–Crippen LogP) is 3.82. The second kappa shape index (κ2) is 10.8. The molecule has 2 rings (SSSR count). The van der Waals surface area contributed by atoms with Gasteiger partial charge < -0.3 is 19.5 Å². The van der Waals surface area contributed by atoms with E-state index in [9.17, 15) is 9.59 Å². The molecule has 0 atom stereocenters. The first-order valence-corrected chi connectivity index (χ1v) is 9.05. The van der Waals surface area contributed by atoms with Crippen LogP contribution in [0.25, 0.3) is 6.08 Å². The van der Waals surface area contributed by atoms with Crippen LogP contribution in [0.5, 0.6) is 11.5 Å². The first-order chi connectivity index (χ1) is 13.6. The highest BCUT2D eigenvalue weighted by molar-refractivity contribution is 6.03. The van der Waals surface area contributed by atoms with Crippen molar-refractivity contribution >= 4 is 18.0 Å². The van der Waals surface area contributed by atoms with Gasteiger partial charge in [-0.3, -0.25) is 4.79 Å². The highest BCUT2D eigenvalue weighted by atomic mass is 16.5. The van der Waals surface area contributed by atoms with E-state index in [-0.39, 0.29) is 5.70 Å². The number of carbonyl (C=O) groups is 2. The van der Waals surface area contributed by atoms with Crippen molar-refractivity contribution in [2.75, 3.05) is 20.8 Å². The molecule has 0 heterocycles. The second-order valence-corrected chi connectivity index (χ2v) is 6.00. The van der Waals surface area contributed by atoms with Gasteiger partial charge in [0.15, 0.2) is 0 Å². The standard InChI is InChI=1S/C22H25NO5/c1-4-5-14-28-19-12-8-17(9-13-19)21(24)23-20(22(25)27-3)15-16-6-10-18(26-2)11-7-16/h6-13,15H,4-5,14H2,1-3H3,(H,23,24)/b20-15+. The molecule has 0 spiro atoms. The summed E-state index contributed by atoms with van der Waals surface area (Å²) in [7, 11) is 2.84. The SMILES string of the molecule is CCCCOc1ccc(C(=O)N/C(=C/c2ccc(OC)cc2)C(=O)OC)cc1. The predicted molar refractivity (Wildman–Crippen MR) is 107 cm³/mol. The van der Waals surface area contributed by atoms with Gasteiger partial charge in [-0.1, -0.05) is 25.5 Å². The van der Waals surface area contributed by atoms with E-state index in [1.165, 1.54) is 7.11 Å². The number of amides is 1. The van der Waals surface area contributed by atoms with Crippen molar-refractivity contribution in [3.05, 3.63) is 65.4 Å². The minimum absolute atomic E-state index is 0.0425. The molecule has 1 N–H and O–H groups in total. The van der Waals surface area contributed by atoms with E-state index in [1.54, 1.807) is 61.7 Å². The average molecular weight is 383 g/mol. The Morgan fingerprint density at radius 1 is 0.964 bits per heavy atom. The van der Waals surface area contributed by atoms with Gasteiger partial charge in [0.25, 0.3) is 5.91 Å². The molecule has 6 heteroatoms. The molecule has 28 heavy (non-hydrogen) atoms. The number of hydrogen-bond donors (Lipinski definition) is 1. The van der Waals surface area contributed by atoms with Gasteiger partial charge >= 0.3 is 5.97 Å². The topological polar surface area (TPSA) is 73.9 Å². The van der Waals surface area contributed by atoms with Gasteiger partial charge in [-0.05, 0) is 54.5 Å². The zero-order valence-corrected chi connectivity index (χ0v) is 16.4. The Bertz CT molecular complexity index is 810. The molecule has 148 valence electrons. The molecule has 0 saturated carbocycles. The Kier molecular flexibility index (Phi) is 8.09. The van der Waals surface area contributed by atoms with E-state index in [0.29, 0.717) is 23.7 Å². The number of nitrogens with one attached hydrogen (secondary N) is 1. The number of ether oxygens (including phenoxy) is 3. The molecular weight excluding hydrogens is 358 g/mol. The lowest BCUT2D eigenvalue weighted by Crippen LogP contribution is -2.28. The Morgan fingerprint density at radius 3 is 2.18 bits per heavy atom. The summed E-state index contributed by atoms with van der Waals surface area (Å²) in [6, 6.07) is 13.8. The van der Waals surface area contributed by atoms with Crippen LogP contribution in [0, 0.1) is 0 Å². The lowest BCUT2D eigenvalue weighted by Gasteiger charge is -2.10. The summed E-state index contributed by atoms with van der Waals surface area (Å²) in [6.07, 6.45) is 3.57. The highest BCUT2D eigenvalue weighted by Crippen LogP contribution is 2.15. The number of esters is 1. The van der Waals surface area contributed by atoms with Crippen molar-refractivity contribution in [1.29, 1.82) is 0 Å². The summed E-state index contributed by atoms with van der Waals surface area (Å²) in [5.74, 6) is 0.350. The molecule has 2 aromatic rings. The van der Waals surface area contributed by atoms with E-state index in [2.05, 4.69) is 12.2 Å². The molecule has 0 aliphatic heterocycles. The third kappa shape index (κ3) is 6.16. The molecule has 0 radical (unpaired) electrons. The molecule has 1 amide bonds. The van der Waals surface area contributed by atoms with Gasteiger partial charge in [0.2, 0.25) is 0 Å². The van der Waals surface area contributed by atoms with Crippen LogP contribution in [0.15, 0.2) is 54.2 Å². The summed E-state index contributed by atoms with van der Waals surface area (Å²) >= 11 is 0. The quantitative estimate of drug-likeness (QED) is 0.405. The maximum Gasteiger partial charge on any atom is 0.354 e. The van der Waals surface area contributed by atoms with Crippen LogP contribution in [-0.4, -0.2) is 32.7 Å². The maximum atomic E-state index is 12.5. The number of unbranched alkanes of at least 4 members (excludes halogenated alkanes) is 1. The molecule has 0 bridgehead atoms. The third-order valence-electron chi connectivity index (χ3n) is 3.96. The smallest absolute Gasteiger partial charge is 0.354 e. The van der Waals surface area contributed by atoms with E-state index in [0.717, 1.165) is 18.4 Å². The van der Waals surface area contributed by atoms with E-state index in [4.69, 9.17) is 14.2 Å². The van der Waals surface area contributed by atoms with Crippen LogP contribution in [0.1, 0.15) is 35.7 Å². The molecule has 0 fully saturated rings. The maximum absolute atomic E-state index is 12.5. The Morgan fingerprint density at radius 2 is 1.61 bits per heavy atom. The van der Waals surface area contributed by atoms with Crippen LogP contribution >= 0.6 is 0 Å². The van der Waals surface area contributed by atoms with E-state index in [1.807, 2.05) is 0 Å². The van der Waals surface area contributed by atoms with Crippen LogP contribution < -0.4 is 14.8 Å². The summed E-state index contributed by atoms with van der Waals surface area (Å²) < 4.78 is 15.5. The normalized spacial score (nSPS) is 10.9.